The molecule has 1 unspecified atom stereocenters. The van der Waals surface area contributed by atoms with E-state index >= 15 is 0 Å². The Morgan fingerprint density at radius 3 is 2.50 bits per heavy atom. The molecule has 0 saturated heterocycles. The Labute approximate surface area is 124 Å². The fourth-order valence-corrected chi connectivity index (χ4v) is 2.85. The van der Waals surface area contributed by atoms with Crippen molar-refractivity contribution >= 4 is 15.9 Å². The van der Waals surface area contributed by atoms with Gasteiger partial charge in [-0.25, -0.2) is 8.78 Å². The zero-order valence-corrected chi connectivity index (χ0v) is 12.3. The molecule has 4 heteroatoms. The fraction of sp³-hybridized carbons (Fsp3) is 0.250. The number of alkyl halides is 1. The second kappa shape index (κ2) is 5.52. The maximum Gasteiger partial charge on any atom is 0.190 e. The van der Waals surface area contributed by atoms with Crippen molar-refractivity contribution < 1.29 is 13.5 Å². The van der Waals surface area contributed by atoms with Crippen molar-refractivity contribution in [3.8, 4) is 5.75 Å². The number of fused-ring (bicyclic) bond motifs is 1. The average Bonchev–Trinajstić information content (AvgIpc) is 2.42. The smallest absolute Gasteiger partial charge is 0.190 e. The molecule has 0 radical (unpaired) electrons. The van der Waals surface area contributed by atoms with Crippen LogP contribution in [0.2, 0.25) is 0 Å². The third kappa shape index (κ3) is 2.44. The fourth-order valence-electron chi connectivity index (χ4n) is 2.52. The first-order chi connectivity index (χ1) is 9.69. The normalized spacial score (nSPS) is 16.4. The van der Waals surface area contributed by atoms with E-state index in [1.807, 2.05) is 18.2 Å². The summed E-state index contributed by atoms with van der Waals surface area (Å²) in [5, 5.41) is 0.414. The van der Waals surface area contributed by atoms with Gasteiger partial charge in [0.05, 0.1) is 6.61 Å². The van der Waals surface area contributed by atoms with E-state index < -0.39 is 11.6 Å². The quantitative estimate of drug-likeness (QED) is 0.741. The van der Waals surface area contributed by atoms with Crippen LogP contribution in [-0.4, -0.2) is 6.61 Å². The number of hydrogen-bond donors (Lipinski definition) is 0. The van der Waals surface area contributed by atoms with Crippen molar-refractivity contribution in [2.75, 3.05) is 6.61 Å². The molecule has 0 saturated carbocycles. The zero-order valence-electron chi connectivity index (χ0n) is 10.7. The van der Waals surface area contributed by atoms with Crippen molar-refractivity contribution in [1.82, 2.24) is 0 Å². The zero-order chi connectivity index (χ0) is 14.1. The molecule has 0 spiro atoms. The summed E-state index contributed by atoms with van der Waals surface area (Å²) in [6, 6.07) is 10.7. The monoisotopic (exact) mass is 338 g/mol. The minimum atomic E-state index is -0.646. The molecule has 0 N–H and O–H groups in total. The SMILES string of the molecule is Fc1cc(CBr)cc(F)c1OCC1Cc2ccccc21. The largest absolute Gasteiger partial charge is 0.487 e. The Bertz CT molecular complexity index is 619. The highest BCUT2D eigenvalue weighted by Gasteiger charge is 2.26. The van der Waals surface area contributed by atoms with E-state index in [2.05, 4.69) is 22.0 Å². The average molecular weight is 339 g/mol. The lowest BCUT2D eigenvalue weighted by Gasteiger charge is -2.29. The van der Waals surface area contributed by atoms with Gasteiger partial charge in [-0.3, -0.25) is 0 Å². The highest BCUT2D eigenvalue weighted by molar-refractivity contribution is 9.08. The number of benzene rings is 2. The van der Waals surface area contributed by atoms with Gasteiger partial charge in [0.15, 0.2) is 17.4 Å². The highest BCUT2D eigenvalue weighted by Crippen LogP contribution is 2.35. The molecule has 104 valence electrons. The minimum Gasteiger partial charge on any atom is -0.487 e. The van der Waals surface area contributed by atoms with Crippen LogP contribution in [0.25, 0.3) is 0 Å². The molecular formula is C16H13BrF2O. The summed E-state index contributed by atoms with van der Waals surface area (Å²) in [6.45, 7) is 0.304. The van der Waals surface area contributed by atoms with Crippen molar-refractivity contribution in [2.45, 2.75) is 17.7 Å². The molecule has 0 heterocycles. The van der Waals surface area contributed by atoms with Gasteiger partial charge in [-0.1, -0.05) is 40.2 Å². The molecule has 2 aromatic carbocycles. The number of halogens is 3. The van der Waals surface area contributed by atoms with E-state index in [9.17, 15) is 8.78 Å². The lowest BCUT2D eigenvalue weighted by Crippen LogP contribution is -2.23. The molecule has 0 fully saturated rings. The van der Waals surface area contributed by atoms with Crippen molar-refractivity contribution in [3.05, 3.63) is 64.7 Å². The van der Waals surface area contributed by atoms with Gasteiger partial charge in [0.2, 0.25) is 0 Å². The second-order valence-electron chi connectivity index (χ2n) is 4.93. The third-order valence-electron chi connectivity index (χ3n) is 3.60. The summed E-state index contributed by atoms with van der Waals surface area (Å²) in [6.07, 6.45) is 0.902. The molecule has 0 bridgehead atoms. The Hall–Kier alpha value is -1.42. The minimum absolute atomic E-state index is 0.223. The molecular weight excluding hydrogens is 326 g/mol. The van der Waals surface area contributed by atoms with Gasteiger partial charge >= 0.3 is 0 Å². The maximum atomic E-state index is 13.8. The molecule has 1 aliphatic carbocycles. The van der Waals surface area contributed by atoms with Crippen LogP contribution >= 0.6 is 15.9 Å². The molecule has 2 aromatic rings. The topological polar surface area (TPSA) is 9.23 Å². The first-order valence-electron chi connectivity index (χ1n) is 6.43. The van der Waals surface area contributed by atoms with Crippen molar-refractivity contribution in [3.63, 3.8) is 0 Å². The van der Waals surface area contributed by atoms with Crippen molar-refractivity contribution in [1.29, 1.82) is 0 Å². The van der Waals surface area contributed by atoms with E-state index in [0.717, 1.165) is 6.42 Å². The van der Waals surface area contributed by atoms with E-state index in [1.54, 1.807) is 0 Å². The summed E-state index contributed by atoms with van der Waals surface area (Å²) in [4.78, 5) is 0. The van der Waals surface area contributed by atoms with E-state index in [0.29, 0.717) is 17.5 Å². The number of rotatable bonds is 4. The summed E-state index contributed by atoms with van der Waals surface area (Å²) < 4.78 is 32.9. The summed E-state index contributed by atoms with van der Waals surface area (Å²) in [5.74, 6) is -1.35. The predicted octanol–water partition coefficient (Wildman–Crippen LogP) is 4.58. The van der Waals surface area contributed by atoms with Gasteiger partial charge in [0.1, 0.15) is 0 Å². The van der Waals surface area contributed by atoms with Gasteiger partial charge in [-0.15, -0.1) is 0 Å². The summed E-state index contributed by atoms with van der Waals surface area (Å²) in [7, 11) is 0. The van der Waals surface area contributed by atoms with Gasteiger partial charge < -0.3 is 4.74 Å². The lowest BCUT2D eigenvalue weighted by molar-refractivity contribution is 0.251. The van der Waals surface area contributed by atoms with E-state index in [4.69, 9.17) is 4.74 Å². The summed E-state index contributed by atoms with van der Waals surface area (Å²) in [5.41, 5.74) is 3.06. The van der Waals surface area contributed by atoms with Crippen LogP contribution in [0, 0.1) is 11.6 Å². The molecule has 3 rings (SSSR count). The van der Waals surface area contributed by atoms with E-state index in [-0.39, 0.29) is 11.7 Å². The Morgan fingerprint density at radius 1 is 1.15 bits per heavy atom. The summed E-state index contributed by atoms with van der Waals surface area (Å²) >= 11 is 3.18. The standard InChI is InChI=1S/C16H13BrF2O/c17-8-10-5-14(18)16(15(19)6-10)20-9-12-7-11-3-1-2-4-13(11)12/h1-6,12H,7-9H2. The number of hydrogen-bond acceptors (Lipinski definition) is 1. The van der Waals surface area contributed by atoms with E-state index in [1.165, 1.54) is 23.3 Å². The van der Waals surface area contributed by atoms with Gasteiger partial charge in [-0.2, -0.15) is 0 Å². The molecule has 1 atom stereocenters. The van der Waals surface area contributed by atoms with Crippen LogP contribution in [0.5, 0.6) is 5.75 Å². The molecule has 0 aromatic heterocycles. The van der Waals surface area contributed by atoms with Crippen LogP contribution in [-0.2, 0) is 11.8 Å². The molecule has 20 heavy (non-hydrogen) atoms. The predicted molar refractivity (Wildman–Crippen MR) is 77.4 cm³/mol. The van der Waals surface area contributed by atoms with Gasteiger partial charge in [-0.05, 0) is 35.2 Å². The van der Waals surface area contributed by atoms with Crippen LogP contribution in [0.1, 0.15) is 22.6 Å². The maximum absolute atomic E-state index is 13.8. The lowest BCUT2D eigenvalue weighted by atomic mass is 9.78. The van der Waals surface area contributed by atoms with Crippen LogP contribution in [0.15, 0.2) is 36.4 Å². The van der Waals surface area contributed by atoms with Crippen LogP contribution < -0.4 is 4.74 Å². The first kappa shape index (κ1) is 13.6. The first-order valence-corrected chi connectivity index (χ1v) is 7.55. The highest BCUT2D eigenvalue weighted by atomic mass is 79.9. The molecule has 1 nitrogen and oxygen atoms in total. The Kier molecular flexibility index (Phi) is 3.74. The second-order valence-corrected chi connectivity index (χ2v) is 5.49. The Balaban J connectivity index is 1.71. The Morgan fingerprint density at radius 2 is 1.85 bits per heavy atom. The third-order valence-corrected chi connectivity index (χ3v) is 4.25. The molecule has 0 amide bonds. The van der Waals surface area contributed by atoms with Crippen molar-refractivity contribution in [2.24, 2.45) is 0 Å². The number of ether oxygens (including phenoxy) is 1. The molecule has 1 aliphatic rings. The van der Waals surface area contributed by atoms with Crippen LogP contribution in [0.3, 0.4) is 0 Å². The van der Waals surface area contributed by atoms with Gasteiger partial charge in [0, 0.05) is 11.2 Å². The molecule has 0 aliphatic heterocycles. The van der Waals surface area contributed by atoms with Crippen LogP contribution in [0.4, 0.5) is 8.78 Å². The van der Waals surface area contributed by atoms with Gasteiger partial charge in [0.25, 0.3) is 0 Å².